The molecule has 1 heterocycles. The van der Waals surface area contributed by atoms with Crippen molar-refractivity contribution in [3.8, 4) is 0 Å². The molecular formula is C15H22N2O2. The Morgan fingerprint density at radius 1 is 1.16 bits per heavy atom. The summed E-state index contributed by atoms with van der Waals surface area (Å²) in [6.07, 6.45) is 0.358. The molecule has 1 aromatic rings. The van der Waals surface area contributed by atoms with Crippen molar-refractivity contribution in [2.45, 2.75) is 13.3 Å². The Morgan fingerprint density at radius 3 is 2.37 bits per heavy atom. The summed E-state index contributed by atoms with van der Waals surface area (Å²) in [5, 5.41) is 0. The summed E-state index contributed by atoms with van der Waals surface area (Å²) in [6.45, 7) is 6.60. The van der Waals surface area contributed by atoms with Gasteiger partial charge in [0.25, 0.3) is 0 Å². The molecule has 0 aromatic heterocycles. The average Bonchev–Trinajstić information content (AvgIpc) is 2.41. The lowest BCUT2D eigenvalue weighted by atomic mass is 10.1. The number of esters is 1. The topological polar surface area (TPSA) is 32.8 Å². The highest BCUT2D eigenvalue weighted by atomic mass is 16.5. The number of likely N-dealkylation sites (N-methyl/N-ethyl adjacent to an activating group) is 1. The summed E-state index contributed by atoms with van der Waals surface area (Å²) in [5.74, 6) is -0.158. The fourth-order valence-corrected chi connectivity index (χ4v) is 2.27. The second-order valence-electron chi connectivity index (χ2n) is 4.94. The molecule has 1 aliphatic heterocycles. The number of nitrogens with zero attached hydrogens (tertiary/aromatic N) is 2. The molecule has 1 aromatic carbocycles. The quantitative estimate of drug-likeness (QED) is 0.771. The lowest BCUT2D eigenvalue weighted by Crippen LogP contribution is -2.44. The van der Waals surface area contributed by atoms with E-state index >= 15 is 0 Å². The first-order valence-electron chi connectivity index (χ1n) is 6.87. The van der Waals surface area contributed by atoms with Crippen molar-refractivity contribution in [1.29, 1.82) is 0 Å². The number of rotatable bonds is 4. The van der Waals surface area contributed by atoms with E-state index in [-0.39, 0.29) is 5.97 Å². The fourth-order valence-electron chi connectivity index (χ4n) is 2.27. The summed E-state index contributed by atoms with van der Waals surface area (Å²) in [4.78, 5) is 16.1. The van der Waals surface area contributed by atoms with Gasteiger partial charge < -0.3 is 14.5 Å². The van der Waals surface area contributed by atoms with E-state index in [2.05, 4.69) is 29.0 Å². The number of hydrogen-bond acceptors (Lipinski definition) is 4. The second-order valence-corrected chi connectivity index (χ2v) is 4.94. The maximum Gasteiger partial charge on any atom is 0.310 e. The smallest absolute Gasteiger partial charge is 0.310 e. The zero-order chi connectivity index (χ0) is 13.7. The molecule has 0 N–H and O–H groups in total. The monoisotopic (exact) mass is 262 g/mol. The Hall–Kier alpha value is -1.55. The van der Waals surface area contributed by atoms with Crippen molar-refractivity contribution in [1.82, 2.24) is 4.90 Å². The molecule has 19 heavy (non-hydrogen) atoms. The van der Waals surface area contributed by atoms with Crippen LogP contribution in [0.5, 0.6) is 0 Å². The van der Waals surface area contributed by atoms with Gasteiger partial charge in [0.2, 0.25) is 0 Å². The lowest BCUT2D eigenvalue weighted by Gasteiger charge is -2.34. The first-order valence-corrected chi connectivity index (χ1v) is 6.87. The van der Waals surface area contributed by atoms with E-state index < -0.39 is 0 Å². The van der Waals surface area contributed by atoms with Crippen molar-refractivity contribution in [2.75, 3.05) is 44.7 Å². The molecule has 0 aliphatic carbocycles. The standard InChI is InChI=1S/C15H22N2O2/c1-3-19-15(18)12-13-4-6-14(7-5-13)17-10-8-16(2)9-11-17/h4-7H,3,8-12H2,1-2H3. The predicted molar refractivity (Wildman–Crippen MR) is 76.5 cm³/mol. The molecule has 2 rings (SSSR count). The minimum absolute atomic E-state index is 0.158. The van der Waals surface area contributed by atoms with E-state index in [0.717, 1.165) is 31.7 Å². The van der Waals surface area contributed by atoms with E-state index in [4.69, 9.17) is 4.74 Å². The van der Waals surface area contributed by atoms with E-state index in [9.17, 15) is 4.79 Å². The van der Waals surface area contributed by atoms with Gasteiger partial charge in [0.15, 0.2) is 0 Å². The highest BCUT2D eigenvalue weighted by Gasteiger charge is 2.14. The van der Waals surface area contributed by atoms with Crippen LogP contribution >= 0.6 is 0 Å². The minimum Gasteiger partial charge on any atom is -0.466 e. The third kappa shape index (κ3) is 3.96. The van der Waals surface area contributed by atoms with Gasteiger partial charge in [-0.15, -0.1) is 0 Å². The van der Waals surface area contributed by atoms with Crippen molar-refractivity contribution >= 4 is 11.7 Å². The number of benzene rings is 1. The molecule has 1 saturated heterocycles. The summed E-state index contributed by atoms with van der Waals surface area (Å²) in [7, 11) is 2.15. The summed E-state index contributed by atoms with van der Waals surface area (Å²) in [5.41, 5.74) is 2.25. The van der Waals surface area contributed by atoms with E-state index in [1.807, 2.05) is 19.1 Å². The number of carbonyl (C=O) groups is 1. The normalized spacial score (nSPS) is 16.4. The van der Waals surface area contributed by atoms with Crippen LogP contribution in [-0.2, 0) is 16.0 Å². The molecule has 0 atom stereocenters. The summed E-state index contributed by atoms with van der Waals surface area (Å²) in [6, 6.07) is 8.23. The molecule has 104 valence electrons. The van der Waals surface area contributed by atoms with E-state index in [1.54, 1.807) is 0 Å². The fraction of sp³-hybridized carbons (Fsp3) is 0.533. The largest absolute Gasteiger partial charge is 0.466 e. The molecule has 4 heteroatoms. The molecular weight excluding hydrogens is 240 g/mol. The highest BCUT2D eigenvalue weighted by Crippen LogP contribution is 2.17. The number of piperazine rings is 1. The summed E-state index contributed by atoms with van der Waals surface area (Å²) >= 11 is 0. The van der Waals surface area contributed by atoms with Crippen LogP contribution < -0.4 is 4.90 Å². The molecule has 0 amide bonds. The molecule has 1 aliphatic rings. The zero-order valence-electron chi connectivity index (χ0n) is 11.8. The minimum atomic E-state index is -0.158. The van der Waals surface area contributed by atoms with Crippen molar-refractivity contribution in [3.63, 3.8) is 0 Å². The van der Waals surface area contributed by atoms with Crippen LogP contribution in [0.15, 0.2) is 24.3 Å². The Labute approximate surface area is 115 Å². The third-order valence-electron chi connectivity index (χ3n) is 3.46. The van der Waals surface area contributed by atoms with Crippen molar-refractivity contribution in [2.24, 2.45) is 0 Å². The Bertz CT molecular complexity index is 409. The molecule has 0 radical (unpaired) electrons. The van der Waals surface area contributed by atoms with Crippen LogP contribution in [0, 0.1) is 0 Å². The van der Waals surface area contributed by atoms with Crippen LogP contribution in [0.3, 0.4) is 0 Å². The highest BCUT2D eigenvalue weighted by molar-refractivity contribution is 5.72. The third-order valence-corrected chi connectivity index (χ3v) is 3.46. The lowest BCUT2D eigenvalue weighted by molar-refractivity contribution is -0.142. The Kier molecular flexibility index (Phi) is 4.80. The summed E-state index contributed by atoms with van der Waals surface area (Å²) < 4.78 is 4.95. The number of ether oxygens (including phenoxy) is 1. The first kappa shape index (κ1) is 13.9. The van der Waals surface area contributed by atoms with Gasteiger partial charge in [0, 0.05) is 31.9 Å². The second kappa shape index (κ2) is 6.57. The van der Waals surface area contributed by atoms with Crippen molar-refractivity contribution in [3.05, 3.63) is 29.8 Å². The SMILES string of the molecule is CCOC(=O)Cc1ccc(N2CCN(C)CC2)cc1. The van der Waals surface area contributed by atoms with E-state index in [1.165, 1.54) is 5.69 Å². The maximum absolute atomic E-state index is 11.4. The van der Waals surface area contributed by atoms with Crippen LogP contribution in [-0.4, -0.2) is 50.7 Å². The number of anilines is 1. The molecule has 0 unspecified atom stereocenters. The van der Waals surface area contributed by atoms with Crippen LogP contribution in [0.4, 0.5) is 5.69 Å². The van der Waals surface area contributed by atoms with Crippen LogP contribution in [0.1, 0.15) is 12.5 Å². The first-order chi connectivity index (χ1) is 9.19. The van der Waals surface area contributed by atoms with Gasteiger partial charge in [-0.3, -0.25) is 4.79 Å². The Morgan fingerprint density at radius 2 is 1.79 bits per heavy atom. The van der Waals surface area contributed by atoms with Gasteiger partial charge in [-0.1, -0.05) is 12.1 Å². The van der Waals surface area contributed by atoms with Crippen LogP contribution in [0.2, 0.25) is 0 Å². The van der Waals surface area contributed by atoms with Gasteiger partial charge in [-0.05, 0) is 31.7 Å². The molecule has 1 fully saturated rings. The van der Waals surface area contributed by atoms with Crippen molar-refractivity contribution < 1.29 is 9.53 Å². The zero-order valence-corrected chi connectivity index (χ0v) is 11.8. The molecule has 4 nitrogen and oxygen atoms in total. The van der Waals surface area contributed by atoms with Gasteiger partial charge >= 0.3 is 5.97 Å². The average molecular weight is 262 g/mol. The van der Waals surface area contributed by atoms with E-state index in [0.29, 0.717) is 13.0 Å². The molecule has 0 spiro atoms. The molecule has 0 bridgehead atoms. The van der Waals surface area contributed by atoms with Crippen LogP contribution in [0.25, 0.3) is 0 Å². The van der Waals surface area contributed by atoms with Gasteiger partial charge in [0.1, 0.15) is 0 Å². The van der Waals surface area contributed by atoms with Gasteiger partial charge in [-0.25, -0.2) is 0 Å². The van der Waals surface area contributed by atoms with Gasteiger partial charge in [0.05, 0.1) is 13.0 Å². The Balaban J connectivity index is 1.92. The maximum atomic E-state index is 11.4. The van der Waals surface area contributed by atoms with Gasteiger partial charge in [-0.2, -0.15) is 0 Å². The molecule has 0 saturated carbocycles. The predicted octanol–water partition coefficient (Wildman–Crippen LogP) is 1.54. The number of carbonyl (C=O) groups excluding carboxylic acids is 1. The number of hydrogen-bond donors (Lipinski definition) is 0.